The summed E-state index contributed by atoms with van der Waals surface area (Å²) >= 11 is 0. The fraction of sp³-hybridized carbons (Fsp3) is 0.400. The van der Waals surface area contributed by atoms with Crippen LogP contribution in [0.2, 0.25) is 0 Å². The molecule has 0 radical (unpaired) electrons. The van der Waals surface area contributed by atoms with E-state index in [1.165, 1.54) is 39.8 Å². The third kappa shape index (κ3) is 51.9. The van der Waals surface area contributed by atoms with Crippen LogP contribution in [-0.2, 0) is 29.1 Å². The average Bonchev–Trinajstić information content (AvgIpc) is 1.79. The Morgan fingerprint density at radius 3 is 0.941 bits per heavy atom. The number of aliphatic hydroxyl groups is 2. The van der Waals surface area contributed by atoms with E-state index in [1.54, 1.807) is 0 Å². The van der Waals surface area contributed by atoms with Gasteiger partial charge in [0.05, 0.1) is 11.5 Å². The van der Waals surface area contributed by atoms with Crippen molar-refractivity contribution in [1.82, 2.24) is 0 Å². The van der Waals surface area contributed by atoms with E-state index < -0.39 is 0 Å². The molecule has 0 atom stereocenters. The second-order valence-corrected chi connectivity index (χ2v) is 2.79. The SMILES string of the molecule is CC(=O)/C=C(/C)O.CC(=O)/C=C(/C)O.O.O.[Zn]. The summed E-state index contributed by atoms with van der Waals surface area (Å²) in [5.74, 6) is -0.125. The first kappa shape index (κ1) is 29.7. The first-order valence-electron chi connectivity index (χ1n) is 4.01. The molecule has 0 saturated carbocycles. The van der Waals surface area contributed by atoms with Crippen molar-refractivity contribution in [3.63, 3.8) is 0 Å². The van der Waals surface area contributed by atoms with Gasteiger partial charge in [-0.2, -0.15) is 0 Å². The fourth-order valence-corrected chi connectivity index (χ4v) is 0.588. The Bertz CT molecular complexity index is 234. The molecule has 0 bridgehead atoms. The zero-order valence-corrected chi connectivity index (χ0v) is 13.5. The van der Waals surface area contributed by atoms with Crippen molar-refractivity contribution in [1.29, 1.82) is 0 Å². The Labute approximate surface area is 113 Å². The molecule has 0 aliphatic rings. The Kier molecular flexibility index (Phi) is 30.4. The minimum Gasteiger partial charge on any atom is -0.512 e. The predicted octanol–water partition coefficient (Wildman–Crippen LogP) is 0.422. The second kappa shape index (κ2) is 17.4. The van der Waals surface area contributed by atoms with Gasteiger partial charge in [0.25, 0.3) is 0 Å². The van der Waals surface area contributed by atoms with E-state index in [4.69, 9.17) is 10.2 Å². The van der Waals surface area contributed by atoms with E-state index in [9.17, 15) is 9.59 Å². The molecular formula is C10H20O6Zn. The summed E-state index contributed by atoms with van der Waals surface area (Å²) in [6.07, 6.45) is 2.33. The molecule has 0 aromatic heterocycles. The quantitative estimate of drug-likeness (QED) is 0.433. The molecule has 0 aromatic rings. The molecule has 0 saturated heterocycles. The molecule has 6 N–H and O–H groups in total. The second-order valence-electron chi connectivity index (χ2n) is 2.79. The van der Waals surface area contributed by atoms with Gasteiger partial charge in [0.1, 0.15) is 0 Å². The van der Waals surface area contributed by atoms with Gasteiger partial charge >= 0.3 is 0 Å². The third-order valence-electron chi connectivity index (χ3n) is 0.824. The van der Waals surface area contributed by atoms with Crippen molar-refractivity contribution in [3.05, 3.63) is 23.7 Å². The van der Waals surface area contributed by atoms with Gasteiger partial charge in [-0.1, -0.05) is 0 Å². The molecule has 0 fully saturated rings. The van der Waals surface area contributed by atoms with Gasteiger partial charge in [-0.25, -0.2) is 0 Å². The van der Waals surface area contributed by atoms with Crippen LogP contribution in [0.3, 0.4) is 0 Å². The van der Waals surface area contributed by atoms with E-state index >= 15 is 0 Å². The molecule has 0 spiro atoms. The molecule has 98 valence electrons. The van der Waals surface area contributed by atoms with Crippen LogP contribution in [0.15, 0.2) is 23.7 Å². The van der Waals surface area contributed by atoms with Gasteiger partial charge in [-0.15, -0.1) is 0 Å². The number of carbonyl (C=O) groups excluding carboxylic acids is 2. The number of rotatable bonds is 2. The summed E-state index contributed by atoms with van der Waals surface area (Å²) in [5.41, 5.74) is 0. The molecule has 0 aromatic carbocycles. The van der Waals surface area contributed by atoms with Crippen molar-refractivity contribution in [2.24, 2.45) is 0 Å². The molecule has 0 rings (SSSR count). The van der Waals surface area contributed by atoms with E-state index in [0.29, 0.717) is 0 Å². The normalized spacial score (nSPS) is 9.41. The molecule has 17 heavy (non-hydrogen) atoms. The Balaban J connectivity index is -0.0000000480. The van der Waals surface area contributed by atoms with Crippen LogP contribution in [0.1, 0.15) is 27.7 Å². The Morgan fingerprint density at radius 1 is 0.765 bits per heavy atom. The fourth-order valence-electron chi connectivity index (χ4n) is 0.588. The van der Waals surface area contributed by atoms with Gasteiger partial charge in [0, 0.05) is 31.6 Å². The van der Waals surface area contributed by atoms with E-state index in [-0.39, 0.29) is 53.5 Å². The number of carbonyl (C=O) groups is 2. The largest absolute Gasteiger partial charge is 0.512 e. The van der Waals surface area contributed by atoms with Gasteiger partial charge in [-0.05, 0) is 27.7 Å². The van der Waals surface area contributed by atoms with Crippen LogP contribution < -0.4 is 0 Å². The van der Waals surface area contributed by atoms with Crippen molar-refractivity contribution >= 4 is 11.6 Å². The standard InChI is InChI=1S/2C5H8O2.2H2O.Zn/c2*1-4(6)3-5(2)7;;;/h2*3,6H,1-2H3;2*1H2;/b2*4-3-;;;. The minimum atomic E-state index is -0.125. The van der Waals surface area contributed by atoms with Crippen LogP contribution in [-0.4, -0.2) is 32.7 Å². The van der Waals surface area contributed by atoms with Crippen LogP contribution >= 0.6 is 0 Å². The maximum Gasteiger partial charge on any atom is 0.155 e. The van der Waals surface area contributed by atoms with Gasteiger partial charge in [0.2, 0.25) is 0 Å². The zero-order chi connectivity index (χ0) is 11.7. The number of allylic oxidation sites excluding steroid dienone is 4. The van der Waals surface area contributed by atoms with E-state index in [0.717, 1.165) is 0 Å². The first-order valence-corrected chi connectivity index (χ1v) is 4.01. The minimum absolute atomic E-state index is 0. The molecule has 6 nitrogen and oxygen atoms in total. The van der Waals surface area contributed by atoms with Crippen molar-refractivity contribution in [3.8, 4) is 0 Å². The summed E-state index contributed by atoms with van der Waals surface area (Å²) in [7, 11) is 0. The zero-order valence-electron chi connectivity index (χ0n) is 10.6. The summed E-state index contributed by atoms with van der Waals surface area (Å²) in [4.78, 5) is 20.0. The molecular weight excluding hydrogens is 281 g/mol. The van der Waals surface area contributed by atoms with Gasteiger partial charge < -0.3 is 21.2 Å². The molecule has 0 heterocycles. The van der Waals surface area contributed by atoms with Crippen LogP contribution in [0.5, 0.6) is 0 Å². The number of hydrogen-bond acceptors (Lipinski definition) is 4. The third-order valence-corrected chi connectivity index (χ3v) is 0.824. The van der Waals surface area contributed by atoms with Crippen LogP contribution in [0.25, 0.3) is 0 Å². The molecule has 7 heteroatoms. The van der Waals surface area contributed by atoms with E-state index in [2.05, 4.69) is 0 Å². The first-order chi connectivity index (χ1) is 6.25. The monoisotopic (exact) mass is 300 g/mol. The van der Waals surface area contributed by atoms with Crippen molar-refractivity contribution in [2.75, 3.05) is 0 Å². The van der Waals surface area contributed by atoms with Crippen LogP contribution in [0.4, 0.5) is 0 Å². The van der Waals surface area contributed by atoms with Gasteiger partial charge in [0.15, 0.2) is 11.6 Å². The average molecular weight is 302 g/mol. The maximum absolute atomic E-state index is 10.0. The number of aliphatic hydroxyl groups excluding tert-OH is 2. The summed E-state index contributed by atoms with van der Waals surface area (Å²) in [6.45, 7) is 5.70. The number of hydrogen-bond donors (Lipinski definition) is 2. The van der Waals surface area contributed by atoms with Gasteiger partial charge in [-0.3, -0.25) is 9.59 Å². The summed E-state index contributed by atoms with van der Waals surface area (Å²) in [6, 6.07) is 0. The predicted molar refractivity (Wildman–Crippen MR) is 61.4 cm³/mol. The van der Waals surface area contributed by atoms with Crippen LogP contribution in [0, 0.1) is 0 Å². The molecule has 0 unspecified atom stereocenters. The molecule has 0 aliphatic carbocycles. The van der Waals surface area contributed by atoms with Crippen molar-refractivity contribution < 1.29 is 50.2 Å². The topological polar surface area (TPSA) is 138 Å². The summed E-state index contributed by atoms with van der Waals surface area (Å²) in [5, 5.41) is 16.7. The maximum atomic E-state index is 10.0. The molecule has 0 aliphatic heterocycles. The van der Waals surface area contributed by atoms with E-state index in [1.807, 2.05) is 0 Å². The smallest absolute Gasteiger partial charge is 0.155 e. The number of ketones is 2. The Hall–Kier alpha value is -1.04. The summed E-state index contributed by atoms with van der Waals surface area (Å²) < 4.78 is 0. The molecule has 0 amide bonds. The Morgan fingerprint density at radius 2 is 0.941 bits per heavy atom. The van der Waals surface area contributed by atoms with Crippen molar-refractivity contribution in [2.45, 2.75) is 27.7 Å².